The number of hydrogen-bond acceptors (Lipinski definition) is 5. The van der Waals surface area contributed by atoms with Gasteiger partial charge in [-0.3, -0.25) is 9.59 Å². The molecule has 0 bridgehead atoms. The minimum absolute atomic E-state index is 0.0291. The van der Waals surface area contributed by atoms with E-state index >= 15 is 0 Å². The molecule has 1 saturated heterocycles. The summed E-state index contributed by atoms with van der Waals surface area (Å²) in [5, 5.41) is 4.20. The Balaban J connectivity index is 1.54. The van der Waals surface area contributed by atoms with E-state index in [4.69, 9.17) is 10.5 Å². The number of carbonyl (C=O) groups excluding carboxylic acids is 2. The summed E-state index contributed by atoms with van der Waals surface area (Å²) >= 11 is 0. The lowest BCUT2D eigenvalue weighted by Crippen LogP contribution is -2.40. The predicted molar refractivity (Wildman–Crippen MR) is 107 cm³/mol. The number of primary amides is 1. The molecular weight excluding hydrogens is 370 g/mol. The number of fused-ring (bicyclic) bond motifs is 1. The zero-order valence-electron chi connectivity index (χ0n) is 16.2. The van der Waals surface area contributed by atoms with Gasteiger partial charge in [-0.2, -0.15) is 5.10 Å². The number of likely N-dealkylation sites (tertiary alicyclic amines) is 1. The van der Waals surface area contributed by atoms with Crippen LogP contribution in [-0.4, -0.2) is 57.1 Å². The van der Waals surface area contributed by atoms with Gasteiger partial charge >= 0.3 is 0 Å². The number of amides is 2. The quantitative estimate of drug-likeness (QED) is 0.715. The zero-order chi connectivity index (χ0) is 20.4. The SMILES string of the molecule is CCOC1CCN(C(=O)c2ccc(-c3ccc(C(N)=O)c4ncnn34)cc2)CC1. The van der Waals surface area contributed by atoms with Crippen molar-refractivity contribution < 1.29 is 14.3 Å². The van der Waals surface area contributed by atoms with Gasteiger partial charge in [-0.05, 0) is 44.0 Å². The Bertz CT molecular complexity index is 1040. The van der Waals surface area contributed by atoms with E-state index in [1.54, 1.807) is 16.6 Å². The molecule has 2 aromatic heterocycles. The first-order chi connectivity index (χ1) is 14.1. The van der Waals surface area contributed by atoms with E-state index in [1.807, 2.05) is 36.1 Å². The summed E-state index contributed by atoms with van der Waals surface area (Å²) in [5.41, 5.74) is 8.40. The largest absolute Gasteiger partial charge is 0.378 e. The molecule has 0 atom stereocenters. The molecule has 2 N–H and O–H groups in total. The first kappa shape index (κ1) is 19.1. The normalized spacial score (nSPS) is 15.0. The van der Waals surface area contributed by atoms with Gasteiger partial charge in [-0.25, -0.2) is 9.50 Å². The van der Waals surface area contributed by atoms with Crippen LogP contribution in [0.25, 0.3) is 16.9 Å². The standard InChI is InChI=1S/C21H23N5O3/c1-2-29-16-9-11-25(12-10-16)21(28)15-5-3-14(4-6-15)18-8-7-17(19(22)27)20-23-13-24-26(18)20/h3-8,13,16H,2,9-12H2,1H3,(H2,22,27). The molecule has 4 rings (SSSR count). The lowest BCUT2D eigenvalue weighted by atomic mass is 10.0. The second-order valence-electron chi connectivity index (χ2n) is 7.02. The highest BCUT2D eigenvalue weighted by Gasteiger charge is 2.24. The van der Waals surface area contributed by atoms with Crippen LogP contribution in [0.4, 0.5) is 0 Å². The van der Waals surface area contributed by atoms with Gasteiger partial charge in [-0.1, -0.05) is 12.1 Å². The average Bonchev–Trinajstić information content (AvgIpc) is 3.23. The van der Waals surface area contributed by atoms with Crippen molar-refractivity contribution in [2.45, 2.75) is 25.9 Å². The second-order valence-corrected chi connectivity index (χ2v) is 7.02. The van der Waals surface area contributed by atoms with Gasteiger partial charge < -0.3 is 15.4 Å². The van der Waals surface area contributed by atoms with Gasteiger partial charge in [0.25, 0.3) is 11.8 Å². The highest BCUT2D eigenvalue weighted by atomic mass is 16.5. The van der Waals surface area contributed by atoms with Gasteiger partial charge in [0.1, 0.15) is 6.33 Å². The van der Waals surface area contributed by atoms with Crippen molar-refractivity contribution in [3.63, 3.8) is 0 Å². The smallest absolute Gasteiger partial charge is 0.253 e. The summed E-state index contributed by atoms with van der Waals surface area (Å²) < 4.78 is 7.23. The Morgan fingerprint density at radius 1 is 1.14 bits per heavy atom. The molecule has 0 aliphatic carbocycles. The van der Waals surface area contributed by atoms with E-state index in [1.165, 1.54) is 6.33 Å². The first-order valence-corrected chi connectivity index (χ1v) is 9.72. The molecule has 0 unspecified atom stereocenters. The van der Waals surface area contributed by atoms with Crippen molar-refractivity contribution in [1.29, 1.82) is 0 Å². The van der Waals surface area contributed by atoms with Gasteiger partial charge in [0.2, 0.25) is 0 Å². The van der Waals surface area contributed by atoms with Crippen molar-refractivity contribution in [3.05, 3.63) is 53.9 Å². The summed E-state index contributed by atoms with van der Waals surface area (Å²) in [7, 11) is 0. The van der Waals surface area contributed by atoms with Crippen LogP contribution in [0.15, 0.2) is 42.7 Å². The maximum atomic E-state index is 12.8. The van der Waals surface area contributed by atoms with Crippen molar-refractivity contribution in [2.75, 3.05) is 19.7 Å². The molecule has 2 amide bonds. The van der Waals surface area contributed by atoms with E-state index in [9.17, 15) is 9.59 Å². The maximum absolute atomic E-state index is 12.8. The zero-order valence-corrected chi connectivity index (χ0v) is 16.2. The van der Waals surface area contributed by atoms with Crippen molar-refractivity contribution in [3.8, 4) is 11.3 Å². The first-order valence-electron chi connectivity index (χ1n) is 9.72. The summed E-state index contributed by atoms with van der Waals surface area (Å²) in [6, 6.07) is 10.8. The van der Waals surface area contributed by atoms with Crippen LogP contribution >= 0.6 is 0 Å². The van der Waals surface area contributed by atoms with E-state index < -0.39 is 5.91 Å². The Labute approximate surface area is 168 Å². The number of nitrogens with two attached hydrogens (primary N) is 1. The summed E-state index contributed by atoms with van der Waals surface area (Å²) in [6.07, 6.45) is 3.37. The highest BCUT2D eigenvalue weighted by molar-refractivity contribution is 5.99. The number of ether oxygens (including phenoxy) is 1. The van der Waals surface area contributed by atoms with Crippen LogP contribution in [0.2, 0.25) is 0 Å². The Hall–Kier alpha value is -3.26. The molecule has 1 aliphatic rings. The topological polar surface area (TPSA) is 103 Å². The van der Waals surface area contributed by atoms with Crippen LogP contribution in [0.1, 0.15) is 40.5 Å². The number of nitrogens with zero attached hydrogens (tertiary/aromatic N) is 4. The van der Waals surface area contributed by atoms with Crippen molar-refractivity contribution in [2.24, 2.45) is 5.73 Å². The van der Waals surface area contributed by atoms with Crippen LogP contribution in [-0.2, 0) is 4.74 Å². The fraction of sp³-hybridized carbons (Fsp3) is 0.333. The van der Waals surface area contributed by atoms with Crippen molar-refractivity contribution in [1.82, 2.24) is 19.5 Å². The number of hydrogen-bond donors (Lipinski definition) is 1. The number of aromatic nitrogens is 3. The molecule has 3 aromatic rings. The van der Waals surface area contributed by atoms with E-state index in [0.717, 1.165) is 24.1 Å². The molecule has 1 aromatic carbocycles. The van der Waals surface area contributed by atoms with Gasteiger partial charge in [-0.15, -0.1) is 0 Å². The molecule has 29 heavy (non-hydrogen) atoms. The second kappa shape index (κ2) is 8.00. The van der Waals surface area contributed by atoms with E-state index in [0.29, 0.717) is 36.5 Å². The molecule has 1 fully saturated rings. The molecule has 0 saturated carbocycles. The molecule has 150 valence electrons. The molecular formula is C21H23N5O3. The molecule has 8 nitrogen and oxygen atoms in total. The Morgan fingerprint density at radius 3 is 2.52 bits per heavy atom. The average molecular weight is 393 g/mol. The lowest BCUT2D eigenvalue weighted by molar-refractivity contribution is 0.0146. The summed E-state index contributed by atoms with van der Waals surface area (Å²) in [5.74, 6) is -0.523. The maximum Gasteiger partial charge on any atom is 0.253 e. The van der Waals surface area contributed by atoms with Gasteiger partial charge in [0.15, 0.2) is 5.65 Å². The Kier molecular flexibility index (Phi) is 5.26. The fourth-order valence-corrected chi connectivity index (χ4v) is 3.75. The minimum Gasteiger partial charge on any atom is -0.378 e. The minimum atomic E-state index is -0.552. The molecule has 0 radical (unpaired) electrons. The van der Waals surface area contributed by atoms with Crippen LogP contribution < -0.4 is 5.73 Å². The third-order valence-electron chi connectivity index (χ3n) is 5.25. The third-order valence-corrected chi connectivity index (χ3v) is 5.25. The number of benzene rings is 1. The Morgan fingerprint density at radius 2 is 1.86 bits per heavy atom. The fourth-order valence-electron chi connectivity index (χ4n) is 3.75. The monoisotopic (exact) mass is 393 g/mol. The summed E-state index contributed by atoms with van der Waals surface area (Å²) in [6.45, 7) is 4.12. The van der Waals surface area contributed by atoms with E-state index in [2.05, 4.69) is 10.1 Å². The molecule has 0 spiro atoms. The van der Waals surface area contributed by atoms with Gasteiger partial charge in [0.05, 0.1) is 17.4 Å². The van der Waals surface area contributed by atoms with Crippen LogP contribution in [0.3, 0.4) is 0 Å². The number of rotatable bonds is 5. The highest BCUT2D eigenvalue weighted by Crippen LogP contribution is 2.23. The predicted octanol–water partition coefficient (Wildman–Crippen LogP) is 2.14. The third kappa shape index (κ3) is 3.71. The number of piperidine rings is 1. The number of carbonyl (C=O) groups is 2. The molecule has 3 heterocycles. The summed E-state index contributed by atoms with van der Waals surface area (Å²) in [4.78, 5) is 30.4. The van der Waals surface area contributed by atoms with Crippen molar-refractivity contribution >= 4 is 17.5 Å². The van der Waals surface area contributed by atoms with Crippen LogP contribution in [0.5, 0.6) is 0 Å². The molecule has 1 aliphatic heterocycles. The molecule has 8 heteroatoms. The van der Waals surface area contributed by atoms with E-state index in [-0.39, 0.29) is 12.0 Å². The van der Waals surface area contributed by atoms with Crippen LogP contribution in [0, 0.1) is 0 Å². The number of pyridine rings is 1. The lowest BCUT2D eigenvalue weighted by Gasteiger charge is -2.31. The van der Waals surface area contributed by atoms with Gasteiger partial charge in [0, 0.05) is 30.8 Å².